The van der Waals surface area contributed by atoms with Gasteiger partial charge in [-0.3, -0.25) is 0 Å². The number of benzene rings is 1. The van der Waals surface area contributed by atoms with Gasteiger partial charge in [-0.05, 0) is 19.0 Å². The fourth-order valence-electron chi connectivity index (χ4n) is 1.06. The summed E-state index contributed by atoms with van der Waals surface area (Å²) in [6.07, 6.45) is 0. The zero-order chi connectivity index (χ0) is 14.6. The van der Waals surface area contributed by atoms with E-state index in [0.717, 1.165) is 13.2 Å². The first-order valence-electron chi connectivity index (χ1n) is 5.83. The van der Waals surface area contributed by atoms with Crippen molar-refractivity contribution in [3.63, 3.8) is 0 Å². The molecule has 0 aliphatic carbocycles. The Balaban J connectivity index is 3.17. The Morgan fingerprint density at radius 1 is 1.50 bits per heavy atom. The number of esters is 1. The number of aryl methyl sites for hydroxylation is 1. The highest BCUT2D eigenvalue weighted by Crippen LogP contribution is 2.20. The van der Waals surface area contributed by atoms with E-state index in [1.54, 1.807) is 0 Å². The maximum absolute atomic E-state index is 11.5. The molecule has 0 aliphatic heterocycles. The van der Waals surface area contributed by atoms with E-state index in [1.807, 2.05) is 0 Å². The van der Waals surface area contributed by atoms with Gasteiger partial charge in [0.15, 0.2) is 6.61 Å². The van der Waals surface area contributed by atoms with Crippen molar-refractivity contribution >= 4 is 11.9 Å². The molecular weight excluding hydrogens is 212 g/mol. The number of aliphatic carboxylic acids is 1. The van der Waals surface area contributed by atoms with Gasteiger partial charge in [-0.2, -0.15) is 0 Å². The third-order valence-electron chi connectivity index (χ3n) is 1.74. The van der Waals surface area contributed by atoms with Crippen LogP contribution in [-0.2, 0) is 9.53 Å². The minimum absolute atomic E-state index is 0.0396. The van der Waals surface area contributed by atoms with Crippen LogP contribution in [0, 0.1) is 6.85 Å². The van der Waals surface area contributed by atoms with Crippen molar-refractivity contribution in [3.05, 3.63) is 29.3 Å². The number of carbonyl (C=O) groups is 2. The van der Waals surface area contributed by atoms with Gasteiger partial charge in [0, 0.05) is 4.11 Å². The van der Waals surface area contributed by atoms with Crippen LogP contribution in [0.3, 0.4) is 0 Å². The number of carboxylic acid groups (broad SMARTS) is 1. The first-order chi connectivity index (χ1) is 8.75. The highest BCUT2D eigenvalue weighted by atomic mass is 16.5. The minimum atomic E-state index is -2.38. The molecule has 0 aromatic heterocycles. The molecule has 0 atom stereocenters. The molecule has 0 saturated heterocycles. The van der Waals surface area contributed by atoms with E-state index in [4.69, 9.17) is 14.0 Å². The second-order valence-corrected chi connectivity index (χ2v) is 2.88. The van der Waals surface area contributed by atoms with Crippen LogP contribution in [0.2, 0.25) is 0 Å². The van der Waals surface area contributed by atoms with Crippen LogP contribution in [0.15, 0.2) is 18.2 Å². The van der Waals surface area contributed by atoms with E-state index < -0.39 is 25.4 Å². The smallest absolute Gasteiger partial charge is 0.341 e. The van der Waals surface area contributed by atoms with Gasteiger partial charge in [-0.15, -0.1) is 0 Å². The maximum atomic E-state index is 11.5. The molecule has 5 heteroatoms. The molecule has 1 rings (SSSR count). The molecule has 0 bridgehead atoms. The average Bonchev–Trinajstić information content (AvgIpc) is 2.34. The van der Waals surface area contributed by atoms with Crippen LogP contribution in [0.4, 0.5) is 0 Å². The van der Waals surface area contributed by atoms with Gasteiger partial charge in [-0.1, -0.05) is 11.6 Å². The van der Waals surface area contributed by atoms with Crippen molar-refractivity contribution in [1.82, 2.24) is 0 Å². The van der Waals surface area contributed by atoms with E-state index in [0.29, 0.717) is 0 Å². The molecule has 0 heterocycles. The molecular formula is C11H12O5. The van der Waals surface area contributed by atoms with Crippen molar-refractivity contribution in [2.75, 3.05) is 13.7 Å². The van der Waals surface area contributed by atoms with Crippen LogP contribution < -0.4 is 4.74 Å². The zero-order valence-electron chi connectivity index (χ0n) is 11.5. The average molecular weight is 227 g/mol. The monoisotopic (exact) mass is 227 g/mol. The Bertz CT molecular complexity index is 496. The number of hydrogen-bond acceptors (Lipinski definition) is 4. The number of carboxylic acids is 1. The Morgan fingerprint density at radius 2 is 2.25 bits per heavy atom. The van der Waals surface area contributed by atoms with Crippen molar-refractivity contribution in [2.45, 2.75) is 6.85 Å². The molecule has 1 N–H and O–H groups in total. The number of ether oxygens (including phenoxy) is 2. The highest BCUT2D eigenvalue weighted by Gasteiger charge is 2.13. The van der Waals surface area contributed by atoms with Crippen molar-refractivity contribution in [2.24, 2.45) is 0 Å². The fourth-order valence-corrected chi connectivity index (χ4v) is 1.06. The molecule has 0 aliphatic rings. The number of methoxy groups -OCH3 is 1. The summed E-state index contributed by atoms with van der Waals surface area (Å²) in [5, 5.41) is 8.51. The molecule has 0 fully saturated rings. The second kappa shape index (κ2) is 5.16. The topological polar surface area (TPSA) is 72.8 Å². The van der Waals surface area contributed by atoms with Gasteiger partial charge in [-0.25, -0.2) is 9.59 Å². The predicted molar refractivity (Wildman–Crippen MR) is 55.6 cm³/mol. The second-order valence-electron chi connectivity index (χ2n) is 2.88. The Labute approximate surface area is 96.8 Å². The summed E-state index contributed by atoms with van der Waals surface area (Å²) < 4.78 is 31.2. The molecule has 1 aromatic rings. The molecule has 86 valence electrons. The molecule has 0 radical (unpaired) electrons. The Kier molecular flexibility index (Phi) is 2.63. The first kappa shape index (κ1) is 8.15. The molecule has 1 aromatic carbocycles. The third-order valence-corrected chi connectivity index (χ3v) is 1.74. The van der Waals surface area contributed by atoms with Crippen LogP contribution in [0.25, 0.3) is 0 Å². The van der Waals surface area contributed by atoms with Crippen molar-refractivity contribution in [1.29, 1.82) is 0 Å². The summed E-state index contributed by atoms with van der Waals surface area (Å²) in [6.45, 7) is -3.02. The quantitative estimate of drug-likeness (QED) is 0.783. The fraction of sp³-hybridized carbons (Fsp3) is 0.273. The lowest BCUT2D eigenvalue weighted by atomic mass is 10.1. The van der Waals surface area contributed by atoms with Crippen LogP contribution >= 0.6 is 0 Å². The van der Waals surface area contributed by atoms with Gasteiger partial charge in [0.25, 0.3) is 0 Å². The lowest BCUT2D eigenvalue weighted by Gasteiger charge is -2.09. The van der Waals surface area contributed by atoms with E-state index in [1.165, 1.54) is 12.1 Å². The summed E-state index contributed by atoms with van der Waals surface area (Å²) in [5.41, 5.74) is -0.187. The summed E-state index contributed by atoms with van der Waals surface area (Å²) in [4.78, 5) is 21.9. The van der Waals surface area contributed by atoms with Gasteiger partial charge in [0.05, 0.1) is 7.11 Å². The maximum Gasteiger partial charge on any atom is 0.341 e. The zero-order valence-corrected chi connectivity index (χ0v) is 8.52. The van der Waals surface area contributed by atoms with Gasteiger partial charge >= 0.3 is 11.9 Å². The Morgan fingerprint density at radius 3 is 2.81 bits per heavy atom. The normalized spacial score (nSPS) is 13.2. The van der Waals surface area contributed by atoms with Crippen LogP contribution in [0.1, 0.15) is 20.0 Å². The van der Waals surface area contributed by atoms with E-state index in [-0.39, 0.29) is 16.9 Å². The first-order valence-corrected chi connectivity index (χ1v) is 4.33. The molecule has 0 spiro atoms. The molecule has 16 heavy (non-hydrogen) atoms. The van der Waals surface area contributed by atoms with Gasteiger partial charge < -0.3 is 14.6 Å². The molecule has 5 nitrogen and oxygen atoms in total. The predicted octanol–water partition coefficient (Wildman–Crippen LogP) is 1.25. The lowest BCUT2D eigenvalue weighted by Crippen LogP contribution is -2.12. The summed E-state index contributed by atoms with van der Waals surface area (Å²) >= 11 is 0. The van der Waals surface area contributed by atoms with Gasteiger partial charge in [0.2, 0.25) is 0 Å². The van der Waals surface area contributed by atoms with Crippen molar-refractivity contribution < 1.29 is 28.3 Å². The van der Waals surface area contributed by atoms with E-state index >= 15 is 0 Å². The van der Waals surface area contributed by atoms with Crippen LogP contribution in [0.5, 0.6) is 5.75 Å². The summed E-state index contributed by atoms with van der Waals surface area (Å²) in [5.74, 6) is -2.05. The lowest BCUT2D eigenvalue weighted by molar-refractivity contribution is -0.139. The molecule has 0 saturated carbocycles. The standard InChI is InChI=1S/C11H12O5/c1-7-3-4-9(16-6-10(12)13)8(5-7)11(14)15-2/h3-5H,6H2,1-2H3,(H,12,13)/i1D3. The Hall–Kier alpha value is -2.04. The van der Waals surface area contributed by atoms with Crippen molar-refractivity contribution in [3.8, 4) is 5.75 Å². The number of carbonyl (C=O) groups excluding carboxylic acids is 1. The number of hydrogen-bond donors (Lipinski definition) is 1. The largest absolute Gasteiger partial charge is 0.481 e. The number of rotatable bonds is 4. The SMILES string of the molecule is [2H]C([2H])([2H])c1ccc(OCC(=O)O)c(C(=O)OC)c1. The van der Waals surface area contributed by atoms with E-state index in [2.05, 4.69) is 4.74 Å². The molecule has 0 amide bonds. The van der Waals surface area contributed by atoms with Crippen LogP contribution in [-0.4, -0.2) is 30.8 Å². The van der Waals surface area contributed by atoms with E-state index in [9.17, 15) is 9.59 Å². The third kappa shape index (κ3) is 2.98. The van der Waals surface area contributed by atoms with Gasteiger partial charge in [0.1, 0.15) is 11.3 Å². The highest BCUT2D eigenvalue weighted by molar-refractivity contribution is 5.92. The minimum Gasteiger partial charge on any atom is -0.481 e. The molecule has 0 unspecified atom stereocenters. The summed E-state index contributed by atoms with van der Waals surface area (Å²) in [6, 6.07) is 3.59. The summed E-state index contributed by atoms with van der Waals surface area (Å²) in [7, 11) is 1.13.